The molecule has 152 valence electrons. The lowest BCUT2D eigenvalue weighted by Crippen LogP contribution is -2.36. The standard InChI is InChI=1S/C23H26N2O4/c1-14(2)17-6-4-5-15(3)20(17)25-22(27)23(9-10-23)21(26)24-16-7-8-18-19(13-16)29-12-11-28-18/h4-8,13-14H,9-12H2,1-3H3,(H,24,26)(H,25,27). The molecule has 1 saturated carbocycles. The number of ether oxygens (including phenoxy) is 2. The van der Waals surface area contributed by atoms with Crippen molar-refractivity contribution in [1.82, 2.24) is 0 Å². The molecule has 0 aromatic heterocycles. The summed E-state index contributed by atoms with van der Waals surface area (Å²) < 4.78 is 11.1. The second kappa shape index (κ2) is 7.43. The van der Waals surface area contributed by atoms with Gasteiger partial charge in [0.1, 0.15) is 18.6 Å². The quantitative estimate of drug-likeness (QED) is 0.744. The topological polar surface area (TPSA) is 76.7 Å². The maximum atomic E-state index is 13.1. The van der Waals surface area contributed by atoms with Crippen LogP contribution >= 0.6 is 0 Å². The maximum Gasteiger partial charge on any atom is 0.240 e. The molecule has 1 heterocycles. The highest BCUT2D eigenvalue weighted by molar-refractivity contribution is 6.17. The van der Waals surface area contributed by atoms with Gasteiger partial charge in [-0.05, 0) is 48.9 Å². The third-order valence-corrected chi connectivity index (χ3v) is 5.58. The molecule has 0 unspecified atom stereocenters. The van der Waals surface area contributed by atoms with Crippen LogP contribution in [-0.4, -0.2) is 25.0 Å². The Hall–Kier alpha value is -3.02. The van der Waals surface area contributed by atoms with Gasteiger partial charge in [0.25, 0.3) is 0 Å². The van der Waals surface area contributed by atoms with Crippen LogP contribution in [0.1, 0.15) is 43.7 Å². The predicted octanol–water partition coefficient (Wildman–Crippen LogP) is 4.25. The molecule has 4 rings (SSSR count). The number of nitrogens with one attached hydrogen (secondary N) is 2. The first-order valence-electron chi connectivity index (χ1n) is 10.0. The number of amides is 2. The Morgan fingerprint density at radius 3 is 2.34 bits per heavy atom. The van der Waals surface area contributed by atoms with Crippen LogP contribution < -0.4 is 20.1 Å². The number of para-hydroxylation sites is 1. The summed E-state index contributed by atoms with van der Waals surface area (Å²) in [6.45, 7) is 7.14. The van der Waals surface area contributed by atoms with Crippen LogP contribution in [0.4, 0.5) is 11.4 Å². The average molecular weight is 394 g/mol. The number of aryl methyl sites for hydroxylation is 1. The highest BCUT2D eigenvalue weighted by atomic mass is 16.6. The highest BCUT2D eigenvalue weighted by Gasteiger charge is 2.56. The third kappa shape index (κ3) is 3.67. The molecular formula is C23H26N2O4. The van der Waals surface area contributed by atoms with Gasteiger partial charge in [0.15, 0.2) is 11.5 Å². The van der Waals surface area contributed by atoms with Gasteiger partial charge in [-0.3, -0.25) is 9.59 Å². The van der Waals surface area contributed by atoms with Gasteiger partial charge >= 0.3 is 0 Å². The van der Waals surface area contributed by atoms with Gasteiger partial charge in [-0.2, -0.15) is 0 Å². The van der Waals surface area contributed by atoms with Crippen LogP contribution in [0.5, 0.6) is 11.5 Å². The van der Waals surface area contributed by atoms with Crippen molar-refractivity contribution in [2.45, 2.75) is 39.5 Å². The highest BCUT2D eigenvalue weighted by Crippen LogP contribution is 2.48. The summed E-state index contributed by atoms with van der Waals surface area (Å²) >= 11 is 0. The average Bonchev–Trinajstić information content (AvgIpc) is 3.51. The summed E-state index contributed by atoms with van der Waals surface area (Å²) in [7, 11) is 0. The van der Waals surface area contributed by atoms with Crippen molar-refractivity contribution in [1.29, 1.82) is 0 Å². The van der Waals surface area contributed by atoms with E-state index in [1.807, 2.05) is 25.1 Å². The lowest BCUT2D eigenvalue weighted by molar-refractivity contribution is -0.131. The molecule has 1 aliphatic heterocycles. The summed E-state index contributed by atoms with van der Waals surface area (Å²) in [6, 6.07) is 11.2. The first-order valence-corrected chi connectivity index (χ1v) is 10.0. The predicted molar refractivity (Wildman–Crippen MR) is 112 cm³/mol. The molecule has 6 heteroatoms. The van der Waals surface area contributed by atoms with Gasteiger partial charge in [0, 0.05) is 17.4 Å². The molecule has 6 nitrogen and oxygen atoms in total. The maximum absolute atomic E-state index is 13.1. The first-order chi connectivity index (χ1) is 13.9. The Morgan fingerprint density at radius 1 is 0.966 bits per heavy atom. The zero-order valence-corrected chi connectivity index (χ0v) is 17.0. The van der Waals surface area contributed by atoms with Gasteiger partial charge in [-0.15, -0.1) is 0 Å². The molecule has 2 aromatic rings. The molecular weight excluding hydrogens is 368 g/mol. The molecule has 2 aromatic carbocycles. The Morgan fingerprint density at radius 2 is 1.66 bits per heavy atom. The number of hydrogen-bond acceptors (Lipinski definition) is 4. The van der Waals surface area contributed by atoms with E-state index in [2.05, 4.69) is 24.5 Å². The zero-order valence-electron chi connectivity index (χ0n) is 17.0. The molecule has 0 bridgehead atoms. The monoisotopic (exact) mass is 394 g/mol. The zero-order chi connectivity index (χ0) is 20.6. The van der Waals surface area contributed by atoms with E-state index in [-0.39, 0.29) is 17.7 Å². The Balaban J connectivity index is 1.50. The molecule has 1 fully saturated rings. The molecule has 0 atom stereocenters. The summed E-state index contributed by atoms with van der Waals surface area (Å²) in [5.41, 5.74) is 2.45. The van der Waals surface area contributed by atoms with Gasteiger partial charge in [0.05, 0.1) is 0 Å². The van der Waals surface area contributed by atoms with Crippen LogP contribution in [0, 0.1) is 12.3 Å². The van der Waals surface area contributed by atoms with Gasteiger partial charge < -0.3 is 20.1 Å². The van der Waals surface area contributed by atoms with Crippen molar-refractivity contribution in [2.75, 3.05) is 23.8 Å². The van der Waals surface area contributed by atoms with Crippen molar-refractivity contribution in [2.24, 2.45) is 5.41 Å². The number of carbonyl (C=O) groups excluding carboxylic acids is 2. The van der Waals surface area contributed by atoms with Crippen LogP contribution in [0.2, 0.25) is 0 Å². The van der Waals surface area contributed by atoms with Crippen molar-refractivity contribution in [3.63, 3.8) is 0 Å². The summed E-state index contributed by atoms with van der Waals surface area (Å²) in [6.07, 6.45) is 1.08. The Kier molecular flexibility index (Phi) is 4.94. The largest absolute Gasteiger partial charge is 0.486 e. The number of rotatable bonds is 5. The van der Waals surface area contributed by atoms with Gasteiger partial charge in [-0.25, -0.2) is 0 Å². The summed E-state index contributed by atoms with van der Waals surface area (Å²) in [4.78, 5) is 26.0. The van der Waals surface area contributed by atoms with E-state index in [9.17, 15) is 9.59 Å². The smallest absolute Gasteiger partial charge is 0.240 e. The Bertz CT molecular complexity index is 963. The van der Waals surface area contributed by atoms with Crippen molar-refractivity contribution in [3.8, 4) is 11.5 Å². The second-order valence-electron chi connectivity index (χ2n) is 8.04. The summed E-state index contributed by atoms with van der Waals surface area (Å²) in [5.74, 6) is 1.00. The normalized spacial score (nSPS) is 16.3. The number of benzene rings is 2. The van der Waals surface area contributed by atoms with Crippen LogP contribution in [0.3, 0.4) is 0 Å². The minimum absolute atomic E-state index is 0.247. The van der Waals surface area contributed by atoms with Crippen molar-refractivity contribution >= 4 is 23.2 Å². The third-order valence-electron chi connectivity index (χ3n) is 5.58. The Labute approximate surface area is 170 Å². The lowest BCUT2D eigenvalue weighted by Gasteiger charge is -2.21. The van der Waals surface area contributed by atoms with E-state index < -0.39 is 5.41 Å². The first kappa shape index (κ1) is 19.3. The molecule has 2 N–H and O–H groups in total. The van der Waals surface area contributed by atoms with Crippen LogP contribution in [0.15, 0.2) is 36.4 Å². The van der Waals surface area contributed by atoms with E-state index in [1.165, 1.54) is 0 Å². The number of carbonyl (C=O) groups is 2. The molecule has 2 amide bonds. The van der Waals surface area contributed by atoms with Crippen LogP contribution in [0.25, 0.3) is 0 Å². The van der Waals surface area contributed by atoms with E-state index in [1.54, 1.807) is 18.2 Å². The van der Waals surface area contributed by atoms with E-state index >= 15 is 0 Å². The molecule has 0 radical (unpaired) electrons. The minimum Gasteiger partial charge on any atom is -0.486 e. The van der Waals surface area contributed by atoms with E-state index in [0.29, 0.717) is 43.2 Å². The van der Waals surface area contributed by atoms with E-state index in [4.69, 9.17) is 9.47 Å². The van der Waals surface area contributed by atoms with Crippen molar-refractivity contribution < 1.29 is 19.1 Å². The fraction of sp³-hybridized carbons (Fsp3) is 0.391. The molecule has 2 aliphatic rings. The fourth-order valence-corrected chi connectivity index (χ4v) is 3.63. The van der Waals surface area contributed by atoms with Crippen LogP contribution in [-0.2, 0) is 9.59 Å². The molecule has 1 aliphatic carbocycles. The number of anilines is 2. The van der Waals surface area contributed by atoms with Crippen molar-refractivity contribution in [3.05, 3.63) is 47.5 Å². The second-order valence-corrected chi connectivity index (χ2v) is 8.04. The molecule has 0 spiro atoms. The SMILES string of the molecule is Cc1cccc(C(C)C)c1NC(=O)C1(C(=O)Nc2ccc3c(c2)OCCO3)CC1. The van der Waals surface area contributed by atoms with E-state index in [0.717, 1.165) is 16.8 Å². The fourth-order valence-electron chi connectivity index (χ4n) is 3.63. The summed E-state index contributed by atoms with van der Waals surface area (Å²) in [5, 5.41) is 5.91. The number of hydrogen-bond donors (Lipinski definition) is 2. The molecule has 29 heavy (non-hydrogen) atoms. The van der Waals surface area contributed by atoms with Gasteiger partial charge in [0.2, 0.25) is 11.8 Å². The van der Waals surface area contributed by atoms with Gasteiger partial charge in [-0.1, -0.05) is 32.0 Å². The lowest BCUT2D eigenvalue weighted by atomic mass is 9.97. The molecule has 0 saturated heterocycles. The number of fused-ring (bicyclic) bond motifs is 1. The minimum atomic E-state index is -1.02.